The second kappa shape index (κ2) is 4.23. The Bertz CT molecular complexity index is 295. The van der Waals surface area contributed by atoms with Crippen molar-refractivity contribution in [2.45, 2.75) is 19.3 Å². The molecule has 3 N–H and O–H groups in total. The molecular formula is C9H15N5. The van der Waals surface area contributed by atoms with E-state index in [0.717, 1.165) is 18.9 Å². The number of hydrogen-bond acceptors (Lipinski definition) is 5. The summed E-state index contributed by atoms with van der Waals surface area (Å²) in [5.74, 6) is 6.92. The van der Waals surface area contributed by atoms with E-state index in [2.05, 4.69) is 20.3 Å². The van der Waals surface area contributed by atoms with E-state index in [1.165, 1.54) is 19.3 Å². The summed E-state index contributed by atoms with van der Waals surface area (Å²) in [6.45, 7) is 2.17. The van der Waals surface area contributed by atoms with Crippen LogP contribution in [-0.4, -0.2) is 23.1 Å². The van der Waals surface area contributed by atoms with Gasteiger partial charge in [-0.2, -0.15) is 0 Å². The summed E-state index contributed by atoms with van der Waals surface area (Å²) in [5.41, 5.74) is 2.53. The summed E-state index contributed by atoms with van der Waals surface area (Å²) in [6.07, 6.45) is 5.35. The maximum Gasteiger partial charge on any atom is 0.145 e. The van der Waals surface area contributed by atoms with E-state index in [0.29, 0.717) is 5.82 Å². The standard InChI is InChI=1S/C9H15N5/c10-13-8-6-9(12-7-11-8)14-4-2-1-3-5-14/h6-7H,1-5,10H2,(H,11,12,13). The third-order valence-corrected chi connectivity index (χ3v) is 2.48. The molecule has 0 spiro atoms. The molecule has 5 nitrogen and oxygen atoms in total. The number of anilines is 2. The van der Waals surface area contributed by atoms with Gasteiger partial charge in [0.25, 0.3) is 0 Å². The van der Waals surface area contributed by atoms with Gasteiger partial charge in [-0.25, -0.2) is 15.8 Å². The van der Waals surface area contributed by atoms with Crippen LogP contribution in [0.1, 0.15) is 19.3 Å². The van der Waals surface area contributed by atoms with Gasteiger partial charge in [0.05, 0.1) is 0 Å². The van der Waals surface area contributed by atoms with Gasteiger partial charge < -0.3 is 10.3 Å². The molecule has 1 fully saturated rings. The highest BCUT2D eigenvalue weighted by Gasteiger charge is 2.12. The summed E-state index contributed by atoms with van der Waals surface area (Å²) >= 11 is 0. The van der Waals surface area contributed by atoms with E-state index in [1.54, 1.807) is 6.33 Å². The Morgan fingerprint density at radius 1 is 1.21 bits per heavy atom. The number of hydrogen-bond donors (Lipinski definition) is 2. The van der Waals surface area contributed by atoms with Crippen LogP contribution >= 0.6 is 0 Å². The van der Waals surface area contributed by atoms with Gasteiger partial charge in [0, 0.05) is 19.2 Å². The third kappa shape index (κ3) is 1.93. The normalized spacial score (nSPS) is 16.8. The fraction of sp³-hybridized carbons (Fsp3) is 0.556. The number of nitrogens with one attached hydrogen (secondary N) is 1. The molecule has 14 heavy (non-hydrogen) atoms. The minimum atomic E-state index is 0.667. The molecule has 0 unspecified atom stereocenters. The lowest BCUT2D eigenvalue weighted by Gasteiger charge is -2.27. The van der Waals surface area contributed by atoms with Gasteiger partial charge >= 0.3 is 0 Å². The van der Waals surface area contributed by atoms with Gasteiger partial charge in [-0.3, -0.25) is 0 Å². The van der Waals surface area contributed by atoms with Gasteiger partial charge in [-0.15, -0.1) is 0 Å². The Morgan fingerprint density at radius 3 is 2.71 bits per heavy atom. The maximum absolute atomic E-state index is 5.29. The van der Waals surface area contributed by atoms with Crippen molar-refractivity contribution in [2.24, 2.45) is 5.84 Å². The van der Waals surface area contributed by atoms with Crippen LogP contribution in [0.2, 0.25) is 0 Å². The predicted octanol–water partition coefficient (Wildman–Crippen LogP) is 0.752. The highest BCUT2D eigenvalue weighted by Crippen LogP contribution is 2.18. The highest BCUT2D eigenvalue weighted by molar-refractivity contribution is 5.47. The molecule has 1 aromatic rings. The number of nitrogens with zero attached hydrogens (tertiary/aromatic N) is 3. The molecule has 76 valence electrons. The minimum Gasteiger partial charge on any atom is -0.356 e. The molecule has 0 bridgehead atoms. The average Bonchev–Trinajstić information content (AvgIpc) is 2.30. The van der Waals surface area contributed by atoms with Crippen molar-refractivity contribution in [2.75, 3.05) is 23.4 Å². The smallest absolute Gasteiger partial charge is 0.145 e. The van der Waals surface area contributed by atoms with Crippen LogP contribution in [0.25, 0.3) is 0 Å². The summed E-state index contributed by atoms with van der Waals surface area (Å²) in [5, 5.41) is 0. The van der Waals surface area contributed by atoms with Crippen LogP contribution in [0.5, 0.6) is 0 Å². The maximum atomic E-state index is 5.29. The molecule has 0 radical (unpaired) electrons. The van der Waals surface area contributed by atoms with Crippen LogP contribution in [0.3, 0.4) is 0 Å². The number of nitrogens with two attached hydrogens (primary N) is 1. The van der Waals surface area contributed by atoms with Crippen LogP contribution in [-0.2, 0) is 0 Å². The molecule has 0 amide bonds. The van der Waals surface area contributed by atoms with E-state index in [-0.39, 0.29) is 0 Å². The van der Waals surface area contributed by atoms with Crippen molar-refractivity contribution in [3.8, 4) is 0 Å². The number of nitrogen functional groups attached to an aromatic ring is 1. The van der Waals surface area contributed by atoms with E-state index >= 15 is 0 Å². The van der Waals surface area contributed by atoms with Gasteiger partial charge in [0.15, 0.2) is 0 Å². The summed E-state index contributed by atoms with van der Waals surface area (Å²) < 4.78 is 0. The van der Waals surface area contributed by atoms with Crippen LogP contribution in [0.15, 0.2) is 12.4 Å². The zero-order valence-electron chi connectivity index (χ0n) is 8.11. The molecule has 0 atom stereocenters. The lowest BCUT2D eigenvalue weighted by molar-refractivity contribution is 0.573. The molecule has 5 heteroatoms. The number of rotatable bonds is 2. The fourth-order valence-corrected chi connectivity index (χ4v) is 1.72. The van der Waals surface area contributed by atoms with E-state index in [4.69, 9.17) is 5.84 Å². The Kier molecular flexibility index (Phi) is 2.78. The quantitative estimate of drug-likeness (QED) is 0.536. The van der Waals surface area contributed by atoms with Crippen molar-refractivity contribution in [1.82, 2.24) is 9.97 Å². The number of hydrazine groups is 1. The summed E-state index contributed by atoms with van der Waals surface area (Å²) in [4.78, 5) is 10.5. The largest absolute Gasteiger partial charge is 0.356 e. The molecule has 2 heterocycles. The van der Waals surface area contributed by atoms with Gasteiger partial charge in [-0.1, -0.05) is 0 Å². The predicted molar refractivity (Wildman–Crippen MR) is 55.9 cm³/mol. The van der Waals surface area contributed by atoms with Crippen LogP contribution in [0, 0.1) is 0 Å². The molecule has 0 aliphatic carbocycles. The van der Waals surface area contributed by atoms with Crippen molar-refractivity contribution in [3.05, 3.63) is 12.4 Å². The van der Waals surface area contributed by atoms with Gasteiger partial charge in [0.1, 0.15) is 18.0 Å². The molecular weight excluding hydrogens is 178 g/mol. The van der Waals surface area contributed by atoms with E-state index in [9.17, 15) is 0 Å². The topological polar surface area (TPSA) is 67.1 Å². The van der Waals surface area contributed by atoms with E-state index in [1.807, 2.05) is 6.07 Å². The first kappa shape index (κ1) is 9.21. The van der Waals surface area contributed by atoms with E-state index < -0.39 is 0 Å². The van der Waals surface area contributed by atoms with Crippen molar-refractivity contribution >= 4 is 11.6 Å². The second-order valence-corrected chi connectivity index (χ2v) is 3.45. The van der Waals surface area contributed by atoms with Crippen molar-refractivity contribution in [1.29, 1.82) is 0 Å². The molecule has 1 aliphatic heterocycles. The average molecular weight is 193 g/mol. The zero-order valence-corrected chi connectivity index (χ0v) is 8.11. The Labute approximate surface area is 83.3 Å². The molecule has 1 aliphatic rings. The number of piperidine rings is 1. The first-order chi connectivity index (χ1) is 6.90. The molecule has 2 rings (SSSR count). The number of aromatic nitrogens is 2. The van der Waals surface area contributed by atoms with Crippen molar-refractivity contribution in [3.63, 3.8) is 0 Å². The van der Waals surface area contributed by atoms with Gasteiger partial charge in [-0.05, 0) is 19.3 Å². The summed E-state index contributed by atoms with van der Waals surface area (Å²) in [6, 6.07) is 1.88. The molecule has 1 aromatic heterocycles. The molecule has 1 saturated heterocycles. The molecule has 0 aromatic carbocycles. The van der Waals surface area contributed by atoms with Crippen molar-refractivity contribution < 1.29 is 0 Å². The SMILES string of the molecule is NNc1cc(N2CCCCC2)ncn1. The lowest BCUT2D eigenvalue weighted by atomic mass is 10.1. The highest BCUT2D eigenvalue weighted by atomic mass is 15.3. The fourth-order valence-electron chi connectivity index (χ4n) is 1.72. The monoisotopic (exact) mass is 193 g/mol. The Balaban J connectivity index is 2.13. The molecule has 0 saturated carbocycles. The van der Waals surface area contributed by atoms with Gasteiger partial charge in [0.2, 0.25) is 0 Å². The second-order valence-electron chi connectivity index (χ2n) is 3.45. The third-order valence-electron chi connectivity index (χ3n) is 2.48. The minimum absolute atomic E-state index is 0.667. The lowest BCUT2D eigenvalue weighted by Crippen LogP contribution is -2.30. The Morgan fingerprint density at radius 2 is 2.00 bits per heavy atom. The summed E-state index contributed by atoms with van der Waals surface area (Å²) in [7, 11) is 0. The van der Waals surface area contributed by atoms with Crippen LogP contribution in [0.4, 0.5) is 11.6 Å². The first-order valence-corrected chi connectivity index (χ1v) is 4.94. The first-order valence-electron chi connectivity index (χ1n) is 4.94. The zero-order chi connectivity index (χ0) is 9.80. The Hall–Kier alpha value is -1.36. The van der Waals surface area contributed by atoms with Crippen LogP contribution < -0.4 is 16.2 Å².